The molecule has 0 spiro atoms. The summed E-state index contributed by atoms with van der Waals surface area (Å²) in [6.07, 6.45) is 1.08. The first kappa shape index (κ1) is 9.34. The molecule has 0 amide bonds. The number of rotatable bonds is 3. The smallest absolute Gasteiger partial charge is 0.161 e. The summed E-state index contributed by atoms with van der Waals surface area (Å²) in [7, 11) is 1.56. The molecular formula is C11H15NO2. The first-order valence-corrected chi connectivity index (χ1v) is 4.83. The number of para-hydroxylation sites is 1. The second kappa shape index (κ2) is 3.50. The Morgan fingerprint density at radius 2 is 2.36 bits per heavy atom. The minimum absolute atomic E-state index is 0.274. The van der Waals surface area contributed by atoms with E-state index in [1.165, 1.54) is 0 Å². The van der Waals surface area contributed by atoms with Gasteiger partial charge in [0.25, 0.3) is 0 Å². The van der Waals surface area contributed by atoms with E-state index < -0.39 is 0 Å². The average molecular weight is 193 g/mol. The van der Waals surface area contributed by atoms with Gasteiger partial charge in [0.05, 0.1) is 7.11 Å². The maximum absolute atomic E-state index is 9.85. The van der Waals surface area contributed by atoms with Gasteiger partial charge in [-0.15, -0.1) is 0 Å². The van der Waals surface area contributed by atoms with E-state index in [-0.39, 0.29) is 5.75 Å². The highest BCUT2D eigenvalue weighted by Gasteiger charge is 2.38. The van der Waals surface area contributed by atoms with Gasteiger partial charge in [-0.1, -0.05) is 12.1 Å². The van der Waals surface area contributed by atoms with Gasteiger partial charge in [-0.25, -0.2) is 0 Å². The fourth-order valence-electron chi connectivity index (χ4n) is 1.89. The lowest BCUT2D eigenvalue weighted by Crippen LogP contribution is -2.02. The molecule has 2 rings (SSSR count). The van der Waals surface area contributed by atoms with Crippen LogP contribution in [0.15, 0.2) is 18.2 Å². The number of methoxy groups -OCH3 is 1. The van der Waals surface area contributed by atoms with E-state index in [4.69, 9.17) is 10.5 Å². The fourth-order valence-corrected chi connectivity index (χ4v) is 1.89. The van der Waals surface area contributed by atoms with Gasteiger partial charge in [0.1, 0.15) is 0 Å². The summed E-state index contributed by atoms with van der Waals surface area (Å²) in [5.41, 5.74) is 6.54. The summed E-state index contributed by atoms with van der Waals surface area (Å²) in [5.74, 6) is 1.78. The molecule has 1 aliphatic carbocycles. The Kier molecular flexibility index (Phi) is 2.33. The number of hydrogen-bond donors (Lipinski definition) is 2. The second-order valence-electron chi connectivity index (χ2n) is 3.74. The number of ether oxygens (including phenoxy) is 1. The van der Waals surface area contributed by atoms with Crippen molar-refractivity contribution in [2.24, 2.45) is 11.7 Å². The van der Waals surface area contributed by atoms with E-state index in [9.17, 15) is 5.11 Å². The molecule has 0 heterocycles. The minimum Gasteiger partial charge on any atom is -0.504 e. The van der Waals surface area contributed by atoms with Crippen molar-refractivity contribution in [1.82, 2.24) is 0 Å². The van der Waals surface area contributed by atoms with Crippen LogP contribution in [0.1, 0.15) is 17.9 Å². The van der Waals surface area contributed by atoms with E-state index in [2.05, 4.69) is 0 Å². The van der Waals surface area contributed by atoms with Gasteiger partial charge in [-0.2, -0.15) is 0 Å². The molecule has 1 fully saturated rings. The number of phenolic OH excluding ortho intramolecular Hbond substituents is 1. The SMILES string of the molecule is COc1cccc(C2CC2CN)c1O. The van der Waals surface area contributed by atoms with E-state index in [1.807, 2.05) is 12.1 Å². The standard InChI is InChI=1S/C11H15NO2/c1-14-10-4-2-3-8(11(10)13)9-5-7(9)6-12/h2-4,7,9,13H,5-6,12H2,1H3. The summed E-state index contributed by atoms with van der Waals surface area (Å²) in [4.78, 5) is 0. The first-order chi connectivity index (χ1) is 6.77. The predicted octanol–water partition coefficient (Wildman–Crippen LogP) is 1.46. The first-order valence-electron chi connectivity index (χ1n) is 4.83. The van der Waals surface area contributed by atoms with Crippen LogP contribution in [0.4, 0.5) is 0 Å². The summed E-state index contributed by atoms with van der Waals surface area (Å²) >= 11 is 0. The normalized spacial score (nSPS) is 24.7. The maximum Gasteiger partial charge on any atom is 0.161 e. The zero-order valence-electron chi connectivity index (χ0n) is 8.23. The largest absolute Gasteiger partial charge is 0.504 e. The summed E-state index contributed by atoms with van der Waals surface area (Å²) in [6.45, 7) is 0.696. The third-order valence-electron chi connectivity index (χ3n) is 2.87. The van der Waals surface area contributed by atoms with Crippen LogP contribution in [-0.4, -0.2) is 18.8 Å². The highest BCUT2D eigenvalue weighted by Crippen LogP contribution is 2.51. The zero-order chi connectivity index (χ0) is 10.1. The zero-order valence-corrected chi connectivity index (χ0v) is 8.23. The number of aromatic hydroxyl groups is 1. The lowest BCUT2D eigenvalue weighted by molar-refractivity contribution is 0.370. The molecule has 0 aromatic heterocycles. The molecule has 0 aliphatic heterocycles. The van der Waals surface area contributed by atoms with Crippen LogP contribution in [-0.2, 0) is 0 Å². The van der Waals surface area contributed by atoms with Gasteiger partial charge in [0.15, 0.2) is 11.5 Å². The molecule has 1 aliphatic rings. The Bertz CT molecular complexity index is 338. The summed E-state index contributed by atoms with van der Waals surface area (Å²) < 4.78 is 5.05. The number of phenols is 1. The molecule has 2 atom stereocenters. The molecule has 2 unspecified atom stereocenters. The molecule has 14 heavy (non-hydrogen) atoms. The Labute approximate surface area is 83.5 Å². The van der Waals surface area contributed by atoms with Crippen molar-refractivity contribution in [3.8, 4) is 11.5 Å². The molecule has 1 aromatic rings. The summed E-state index contributed by atoms with van der Waals surface area (Å²) in [5, 5.41) is 9.85. The van der Waals surface area contributed by atoms with Gasteiger partial charge >= 0.3 is 0 Å². The van der Waals surface area contributed by atoms with Crippen LogP contribution < -0.4 is 10.5 Å². The quantitative estimate of drug-likeness (QED) is 0.764. The van der Waals surface area contributed by atoms with Crippen molar-refractivity contribution in [1.29, 1.82) is 0 Å². The van der Waals surface area contributed by atoms with Crippen LogP contribution in [0, 0.1) is 5.92 Å². The van der Waals surface area contributed by atoms with Gasteiger partial charge < -0.3 is 15.6 Å². The van der Waals surface area contributed by atoms with Crippen molar-refractivity contribution < 1.29 is 9.84 Å². The van der Waals surface area contributed by atoms with Gasteiger partial charge in [-0.3, -0.25) is 0 Å². The topological polar surface area (TPSA) is 55.5 Å². The number of hydrogen-bond acceptors (Lipinski definition) is 3. The monoisotopic (exact) mass is 193 g/mol. The van der Waals surface area contributed by atoms with Crippen LogP contribution in [0.3, 0.4) is 0 Å². The van der Waals surface area contributed by atoms with Crippen molar-refractivity contribution >= 4 is 0 Å². The molecule has 3 N–H and O–H groups in total. The van der Waals surface area contributed by atoms with E-state index in [0.717, 1.165) is 12.0 Å². The van der Waals surface area contributed by atoms with Crippen molar-refractivity contribution in [2.75, 3.05) is 13.7 Å². The fraction of sp³-hybridized carbons (Fsp3) is 0.455. The summed E-state index contributed by atoms with van der Waals surface area (Å²) in [6, 6.07) is 5.61. The van der Waals surface area contributed by atoms with Crippen LogP contribution in [0.5, 0.6) is 11.5 Å². The van der Waals surface area contributed by atoms with Crippen molar-refractivity contribution in [3.05, 3.63) is 23.8 Å². The maximum atomic E-state index is 9.85. The van der Waals surface area contributed by atoms with Crippen LogP contribution >= 0.6 is 0 Å². The average Bonchev–Trinajstić information content (AvgIpc) is 2.97. The second-order valence-corrected chi connectivity index (χ2v) is 3.74. The van der Waals surface area contributed by atoms with Gasteiger partial charge in [0, 0.05) is 5.56 Å². The number of benzene rings is 1. The molecule has 0 bridgehead atoms. The number of nitrogens with two attached hydrogens (primary N) is 1. The molecule has 1 aromatic carbocycles. The third kappa shape index (κ3) is 1.44. The highest BCUT2D eigenvalue weighted by molar-refractivity contribution is 5.48. The Balaban J connectivity index is 2.26. The molecule has 3 nitrogen and oxygen atoms in total. The Morgan fingerprint density at radius 1 is 1.57 bits per heavy atom. The highest BCUT2D eigenvalue weighted by atomic mass is 16.5. The van der Waals surface area contributed by atoms with E-state index in [0.29, 0.717) is 24.1 Å². The lowest BCUT2D eigenvalue weighted by Gasteiger charge is -2.07. The molecule has 1 saturated carbocycles. The van der Waals surface area contributed by atoms with Crippen molar-refractivity contribution in [3.63, 3.8) is 0 Å². The van der Waals surface area contributed by atoms with Crippen LogP contribution in [0.25, 0.3) is 0 Å². The molecule has 3 heteroatoms. The van der Waals surface area contributed by atoms with Gasteiger partial charge in [-0.05, 0) is 30.9 Å². The molecule has 0 radical (unpaired) electrons. The predicted molar refractivity (Wildman–Crippen MR) is 54.6 cm³/mol. The molecule has 0 saturated heterocycles. The Morgan fingerprint density at radius 3 is 2.93 bits per heavy atom. The van der Waals surface area contributed by atoms with Crippen molar-refractivity contribution in [2.45, 2.75) is 12.3 Å². The van der Waals surface area contributed by atoms with Gasteiger partial charge in [0.2, 0.25) is 0 Å². The third-order valence-corrected chi connectivity index (χ3v) is 2.87. The lowest BCUT2D eigenvalue weighted by atomic mass is 10.1. The molecular weight excluding hydrogens is 178 g/mol. The minimum atomic E-state index is 0.274. The Hall–Kier alpha value is -1.22. The van der Waals surface area contributed by atoms with E-state index in [1.54, 1.807) is 13.2 Å². The molecule has 76 valence electrons. The van der Waals surface area contributed by atoms with Crippen LogP contribution in [0.2, 0.25) is 0 Å². The van der Waals surface area contributed by atoms with E-state index >= 15 is 0 Å².